The molecular weight excluding hydrogens is 234 g/mol. The monoisotopic (exact) mass is 259 g/mol. The van der Waals surface area contributed by atoms with Crippen molar-refractivity contribution in [1.29, 1.82) is 0 Å². The van der Waals surface area contributed by atoms with Gasteiger partial charge in [-0.1, -0.05) is 12.1 Å². The summed E-state index contributed by atoms with van der Waals surface area (Å²) >= 11 is 0. The molecule has 2 heterocycles. The van der Waals surface area contributed by atoms with Crippen LogP contribution in [0.2, 0.25) is 0 Å². The number of hydrogen-bond acceptors (Lipinski definition) is 3. The molecule has 0 aliphatic carbocycles. The average molecular weight is 259 g/mol. The smallest absolute Gasteiger partial charge is 0.0314 e. The summed E-state index contributed by atoms with van der Waals surface area (Å²) in [4.78, 5) is 5.35. The number of nitrogen functional groups attached to an aromatic ring is 1. The first kappa shape index (κ1) is 12.9. The molecule has 0 bridgehead atoms. The second kappa shape index (κ2) is 5.51. The van der Waals surface area contributed by atoms with E-state index >= 15 is 0 Å². The first-order valence-electron chi connectivity index (χ1n) is 7.55. The lowest BCUT2D eigenvalue weighted by Crippen LogP contribution is -2.55. The van der Waals surface area contributed by atoms with Crippen molar-refractivity contribution in [3.63, 3.8) is 0 Å². The molecule has 2 unspecified atom stereocenters. The van der Waals surface area contributed by atoms with E-state index < -0.39 is 0 Å². The van der Waals surface area contributed by atoms with Gasteiger partial charge in [-0.05, 0) is 50.4 Å². The Morgan fingerprint density at radius 1 is 1.21 bits per heavy atom. The molecule has 3 heteroatoms. The highest BCUT2D eigenvalue weighted by Crippen LogP contribution is 2.24. The fourth-order valence-corrected chi connectivity index (χ4v) is 3.52. The molecule has 0 spiro atoms. The number of nitrogens with zero attached hydrogens (tertiary/aromatic N) is 2. The molecule has 2 fully saturated rings. The molecule has 1 aromatic carbocycles. The summed E-state index contributed by atoms with van der Waals surface area (Å²) in [5, 5.41) is 0. The third-order valence-electron chi connectivity index (χ3n) is 4.73. The van der Waals surface area contributed by atoms with Crippen molar-refractivity contribution in [2.45, 2.75) is 38.3 Å². The minimum absolute atomic E-state index is 0.697. The summed E-state index contributed by atoms with van der Waals surface area (Å²) < 4.78 is 0. The van der Waals surface area contributed by atoms with Crippen LogP contribution in [0, 0.1) is 0 Å². The summed E-state index contributed by atoms with van der Waals surface area (Å²) in [5.74, 6) is 0. The van der Waals surface area contributed by atoms with Crippen molar-refractivity contribution in [2.75, 3.05) is 31.9 Å². The quantitative estimate of drug-likeness (QED) is 0.843. The number of nitrogens with two attached hydrogens (primary N) is 1. The first-order valence-corrected chi connectivity index (χ1v) is 7.55. The van der Waals surface area contributed by atoms with Gasteiger partial charge >= 0.3 is 0 Å². The molecule has 0 amide bonds. The molecule has 19 heavy (non-hydrogen) atoms. The lowest BCUT2D eigenvalue weighted by molar-refractivity contribution is 0.0605. The van der Waals surface area contributed by atoms with Gasteiger partial charge in [0, 0.05) is 37.4 Å². The SMILES string of the molecule is CC1CN2CCCC2CN1CCc1ccc(N)cc1. The van der Waals surface area contributed by atoms with Crippen molar-refractivity contribution in [3.05, 3.63) is 29.8 Å². The number of piperazine rings is 1. The highest BCUT2D eigenvalue weighted by molar-refractivity contribution is 5.39. The van der Waals surface area contributed by atoms with Gasteiger partial charge in [0.25, 0.3) is 0 Å². The van der Waals surface area contributed by atoms with E-state index in [-0.39, 0.29) is 0 Å². The van der Waals surface area contributed by atoms with E-state index in [2.05, 4.69) is 28.9 Å². The van der Waals surface area contributed by atoms with E-state index in [1.54, 1.807) is 0 Å². The average Bonchev–Trinajstić information content (AvgIpc) is 2.85. The Hall–Kier alpha value is -1.06. The predicted molar refractivity (Wildman–Crippen MR) is 80.2 cm³/mol. The van der Waals surface area contributed by atoms with E-state index in [0.717, 1.165) is 18.2 Å². The van der Waals surface area contributed by atoms with Crippen molar-refractivity contribution in [1.82, 2.24) is 9.80 Å². The van der Waals surface area contributed by atoms with Gasteiger partial charge in [-0.3, -0.25) is 9.80 Å². The van der Waals surface area contributed by atoms with Crippen LogP contribution in [0.1, 0.15) is 25.3 Å². The molecule has 1 aromatic rings. The minimum atomic E-state index is 0.697. The van der Waals surface area contributed by atoms with Gasteiger partial charge in [-0.25, -0.2) is 0 Å². The summed E-state index contributed by atoms with van der Waals surface area (Å²) in [6, 6.07) is 9.85. The van der Waals surface area contributed by atoms with E-state index in [4.69, 9.17) is 5.73 Å². The molecule has 2 aliphatic rings. The van der Waals surface area contributed by atoms with Gasteiger partial charge in [0.05, 0.1) is 0 Å². The summed E-state index contributed by atoms with van der Waals surface area (Å²) in [6.45, 7) is 7.39. The van der Waals surface area contributed by atoms with Gasteiger partial charge in [0.2, 0.25) is 0 Å². The number of rotatable bonds is 3. The van der Waals surface area contributed by atoms with Gasteiger partial charge in [0.1, 0.15) is 0 Å². The summed E-state index contributed by atoms with van der Waals surface area (Å²) in [6.07, 6.45) is 3.92. The Balaban J connectivity index is 1.55. The summed E-state index contributed by atoms with van der Waals surface area (Å²) in [5.41, 5.74) is 7.99. The van der Waals surface area contributed by atoms with Gasteiger partial charge in [-0.2, -0.15) is 0 Å². The second-order valence-electron chi connectivity index (χ2n) is 6.13. The fraction of sp³-hybridized carbons (Fsp3) is 0.625. The maximum Gasteiger partial charge on any atom is 0.0314 e. The molecule has 0 radical (unpaired) electrons. The lowest BCUT2D eigenvalue weighted by atomic mass is 10.1. The molecule has 2 N–H and O–H groups in total. The Bertz CT molecular complexity index is 415. The van der Waals surface area contributed by atoms with Gasteiger partial charge in [0.15, 0.2) is 0 Å². The molecule has 3 nitrogen and oxygen atoms in total. The molecule has 2 aliphatic heterocycles. The van der Waals surface area contributed by atoms with Crippen molar-refractivity contribution in [3.8, 4) is 0 Å². The van der Waals surface area contributed by atoms with Crippen LogP contribution in [0.15, 0.2) is 24.3 Å². The zero-order valence-corrected chi connectivity index (χ0v) is 11.9. The molecule has 104 valence electrons. The van der Waals surface area contributed by atoms with Crippen LogP contribution in [-0.4, -0.2) is 48.1 Å². The highest BCUT2D eigenvalue weighted by atomic mass is 15.3. The van der Waals surface area contributed by atoms with Crippen LogP contribution in [0.3, 0.4) is 0 Å². The third kappa shape index (κ3) is 2.93. The maximum absolute atomic E-state index is 5.73. The summed E-state index contributed by atoms with van der Waals surface area (Å²) in [7, 11) is 0. The van der Waals surface area contributed by atoms with Crippen LogP contribution in [-0.2, 0) is 6.42 Å². The predicted octanol–water partition coefficient (Wildman–Crippen LogP) is 1.98. The van der Waals surface area contributed by atoms with Crippen molar-refractivity contribution in [2.24, 2.45) is 0 Å². The van der Waals surface area contributed by atoms with Crippen LogP contribution in [0.5, 0.6) is 0 Å². The lowest BCUT2D eigenvalue weighted by Gasteiger charge is -2.42. The normalized spacial score (nSPS) is 28.5. The largest absolute Gasteiger partial charge is 0.399 e. The number of benzene rings is 1. The van der Waals surface area contributed by atoms with Gasteiger partial charge in [-0.15, -0.1) is 0 Å². The Morgan fingerprint density at radius 3 is 2.79 bits per heavy atom. The van der Waals surface area contributed by atoms with Gasteiger partial charge < -0.3 is 5.73 Å². The molecular formula is C16H25N3. The Morgan fingerprint density at radius 2 is 2.00 bits per heavy atom. The second-order valence-corrected chi connectivity index (χ2v) is 6.13. The van der Waals surface area contributed by atoms with E-state index in [0.29, 0.717) is 6.04 Å². The van der Waals surface area contributed by atoms with Crippen molar-refractivity contribution < 1.29 is 0 Å². The standard InChI is InChI=1S/C16H25N3/c1-13-11-19-9-2-3-16(19)12-18(13)10-8-14-4-6-15(17)7-5-14/h4-7,13,16H,2-3,8-12,17H2,1H3. The number of fused-ring (bicyclic) bond motifs is 1. The molecule has 0 aromatic heterocycles. The Kier molecular flexibility index (Phi) is 3.76. The number of hydrogen-bond donors (Lipinski definition) is 1. The topological polar surface area (TPSA) is 32.5 Å². The number of anilines is 1. The highest BCUT2D eigenvalue weighted by Gasteiger charge is 2.33. The van der Waals surface area contributed by atoms with Crippen molar-refractivity contribution >= 4 is 5.69 Å². The fourth-order valence-electron chi connectivity index (χ4n) is 3.52. The van der Waals surface area contributed by atoms with E-state index in [1.165, 1.54) is 44.6 Å². The third-order valence-corrected chi connectivity index (χ3v) is 4.73. The van der Waals surface area contributed by atoms with Crippen LogP contribution in [0.25, 0.3) is 0 Å². The zero-order valence-electron chi connectivity index (χ0n) is 11.9. The Labute approximate surface area is 116 Å². The molecule has 0 saturated carbocycles. The van der Waals surface area contributed by atoms with Crippen LogP contribution >= 0.6 is 0 Å². The molecule has 3 rings (SSSR count). The molecule has 2 atom stereocenters. The maximum atomic E-state index is 5.73. The van der Waals surface area contributed by atoms with E-state index in [9.17, 15) is 0 Å². The molecule has 2 saturated heterocycles. The minimum Gasteiger partial charge on any atom is -0.399 e. The van der Waals surface area contributed by atoms with Crippen LogP contribution < -0.4 is 5.73 Å². The zero-order chi connectivity index (χ0) is 13.2. The van der Waals surface area contributed by atoms with E-state index in [1.807, 2.05) is 12.1 Å². The first-order chi connectivity index (χ1) is 9.22. The van der Waals surface area contributed by atoms with Crippen LogP contribution in [0.4, 0.5) is 5.69 Å².